The molecule has 0 spiro atoms. The SMILES string of the molecule is CCCCCCCCCCCCC(CCCCCCCCCC)CN1C(=O)c2ccc3c4ccc5c6c(ccc(c7ccc(c2c37)C1=O)c64)C(=O)N(CCCCCCn1c2cc(Br)ccc2c2ccc(Br)cc21)C5=O. The molecule has 4 amide bonds. The number of halogens is 2. The van der Waals surface area contributed by atoms with Gasteiger partial charge in [-0.05, 0) is 112 Å². The van der Waals surface area contributed by atoms with Crippen molar-refractivity contribution in [2.24, 2.45) is 5.92 Å². The maximum Gasteiger partial charge on any atom is 0.261 e. The lowest BCUT2D eigenvalue weighted by Crippen LogP contribution is -2.43. The molecule has 0 saturated heterocycles. The van der Waals surface area contributed by atoms with E-state index < -0.39 is 0 Å². The van der Waals surface area contributed by atoms with Gasteiger partial charge in [0.15, 0.2) is 0 Å². The molecular formula is C66H75Br2N3O4. The van der Waals surface area contributed by atoms with Crippen LogP contribution in [0, 0.1) is 5.92 Å². The summed E-state index contributed by atoms with van der Waals surface area (Å²) in [5.41, 5.74) is 4.67. The van der Waals surface area contributed by atoms with Crippen LogP contribution in [-0.4, -0.2) is 51.1 Å². The fourth-order valence-corrected chi connectivity index (χ4v) is 13.7. The first-order valence-electron chi connectivity index (χ1n) is 29.0. The lowest BCUT2D eigenvalue weighted by atomic mass is 9.82. The van der Waals surface area contributed by atoms with Crippen molar-refractivity contribution >= 4 is 120 Å². The van der Waals surface area contributed by atoms with Crippen LogP contribution < -0.4 is 0 Å². The van der Waals surface area contributed by atoms with E-state index in [2.05, 4.69) is 86.7 Å². The third-order valence-electron chi connectivity index (χ3n) is 17.0. The fraction of sp³-hybridized carbons (Fsp3) is 0.455. The van der Waals surface area contributed by atoms with Crippen LogP contribution in [0.1, 0.15) is 209 Å². The average Bonchev–Trinajstić information content (AvgIpc) is 3.74. The third kappa shape index (κ3) is 10.9. The van der Waals surface area contributed by atoms with Crippen molar-refractivity contribution in [3.63, 3.8) is 0 Å². The molecule has 1 unspecified atom stereocenters. The third-order valence-corrected chi connectivity index (χ3v) is 18.0. The molecule has 8 aromatic rings. The first kappa shape index (κ1) is 53.3. The summed E-state index contributed by atoms with van der Waals surface area (Å²) in [5, 5.41) is 9.37. The van der Waals surface area contributed by atoms with Gasteiger partial charge in [0.05, 0.1) is 11.0 Å². The first-order valence-corrected chi connectivity index (χ1v) is 30.6. The monoisotopic (exact) mass is 1130 g/mol. The summed E-state index contributed by atoms with van der Waals surface area (Å²) in [7, 11) is 0. The molecule has 3 heterocycles. The van der Waals surface area contributed by atoms with Crippen molar-refractivity contribution in [3.8, 4) is 0 Å². The minimum atomic E-state index is -0.251. The number of carbonyl (C=O) groups is 4. The molecule has 75 heavy (non-hydrogen) atoms. The number of nitrogens with zero attached hydrogens (tertiary/aromatic N) is 3. The zero-order chi connectivity index (χ0) is 52.0. The zero-order valence-electron chi connectivity index (χ0n) is 44.5. The van der Waals surface area contributed by atoms with Crippen LogP contribution in [0.15, 0.2) is 93.9 Å². The van der Waals surface area contributed by atoms with Gasteiger partial charge in [0, 0.05) is 72.4 Å². The second-order valence-electron chi connectivity index (χ2n) is 22.1. The molecule has 2 aliphatic rings. The molecule has 0 N–H and O–H groups in total. The van der Waals surface area contributed by atoms with Gasteiger partial charge < -0.3 is 4.57 Å². The number of aromatic nitrogens is 1. The highest BCUT2D eigenvalue weighted by Gasteiger charge is 2.37. The van der Waals surface area contributed by atoms with Crippen LogP contribution in [-0.2, 0) is 6.54 Å². The second kappa shape index (κ2) is 24.5. The highest BCUT2D eigenvalue weighted by Crippen LogP contribution is 2.47. The fourth-order valence-electron chi connectivity index (χ4n) is 13.0. The number of carbonyl (C=O) groups excluding carboxylic acids is 4. The highest BCUT2D eigenvalue weighted by molar-refractivity contribution is 9.10. The number of amides is 4. The van der Waals surface area contributed by atoms with Crippen molar-refractivity contribution in [2.45, 2.75) is 174 Å². The lowest BCUT2D eigenvalue weighted by molar-refractivity contribution is 0.0571. The van der Waals surface area contributed by atoms with Crippen LogP contribution in [0.5, 0.6) is 0 Å². The van der Waals surface area contributed by atoms with Crippen LogP contribution in [0.25, 0.3) is 64.9 Å². The standard InChI is InChI=1S/C66H75Br2N3O4/c1-3-5-7-9-11-13-14-16-18-22-26-44(25-21-17-15-12-10-8-6-4-2)43-71-65(74)55-37-33-51-49-31-35-53-61-54(36-32-50(59(49)61)52-34-38-56(66(71)75)62(55)60(51)52)64(73)70(63(53)72)40-24-20-19-23-39-69-57-41-45(67)27-29-47(57)48-30-28-46(68)42-58(48)69/h27-38,41-42,44H,3-26,39-40,43H2,1-2H3. The minimum Gasteiger partial charge on any atom is -0.340 e. The van der Waals surface area contributed by atoms with Crippen molar-refractivity contribution in [3.05, 3.63) is 116 Å². The predicted molar refractivity (Wildman–Crippen MR) is 319 cm³/mol. The topological polar surface area (TPSA) is 79.7 Å². The van der Waals surface area contributed by atoms with Gasteiger partial charge in [0.1, 0.15) is 0 Å². The maximum absolute atomic E-state index is 14.7. The van der Waals surface area contributed by atoms with Gasteiger partial charge in [-0.2, -0.15) is 0 Å². The molecule has 7 nitrogen and oxygen atoms in total. The van der Waals surface area contributed by atoms with E-state index in [0.717, 1.165) is 105 Å². The normalized spacial score (nSPS) is 14.2. The van der Waals surface area contributed by atoms with Gasteiger partial charge in [0.25, 0.3) is 23.6 Å². The molecule has 1 atom stereocenters. The molecule has 392 valence electrons. The Balaban J connectivity index is 0.828. The molecule has 10 rings (SSSR count). The number of rotatable bonds is 29. The largest absolute Gasteiger partial charge is 0.340 e. The minimum absolute atomic E-state index is 0.197. The molecule has 0 aliphatic carbocycles. The van der Waals surface area contributed by atoms with Gasteiger partial charge in [-0.1, -0.05) is 211 Å². The van der Waals surface area contributed by atoms with E-state index in [1.807, 2.05) is 48.5 Å². The van der Waals surface area contributed by atoms with Crippen molar-refractivity contribution in [2.75, 3.05) is 13.1 Å². The number of imide groups is 2. The Morgan fingerprint density at radius 1 is 0.360 bits per heavy atom. The Morgan fingerprint density at radius 3 is 1.09 bits per heavy atom. The molecule has 0 radical (unpaired) electrons. The van der Waals surface area contributed by atoms with Gasteiger partial charge in [-0.25, -0.2) is 0 Å². The van der Waals surface area contributed by atoms with Gasteiger partial charge in [-0.15, -0.1) is 0 Å². The Hall–Kier alpha value is -5.12. The van der Waals surface area contributed by atoms with Gasteiger partial charge in [-0.3, -0.25) is 29.0 Å². The van der Waals surface area contributed by atoms with Crippen LogP contribution in [0.2, 0.25) is 0 Å². The Bertz CT molecular complexity index is 3210. The second-order valence-corrected chi connectivity index (χ2v) is 23.9. The molecule has 7 aromatic carbocycles. The summed E-state index contributed by atoms with van der Waals surface area (Å²) in [4.78, 5) is 61.2. The summed E-state index contributed by atoms with van der Waals surface area (Å²) >= 11 is 7.35. The van der Waals surface area contributed by atoms with Gasteiger partial charge in [0.2, 0.25) is 0 Å². The van der Waals surface area contributed by atoms with Crippen LogP contribution in [0.3, 0.4) is 0 Å². The predicted octanol–water partition coefficient (Wildman–Crippen LogP) is 19.3. The van der Waals surface area contributed by atoms with E-state index in [4.69, 9.17) is 0 Å². The number of fused-ring (bicyclic) bond motifs is 5. The Labute approximate surface area is 460 Å². The summed E-state index contributed by atoms with van der Waals surface area (Å²) in [6, 6.07) is 28.6. The molecule has 9 heteroatoms. The van der Waals surface area contributed by atoms with Crippen molar-refractivity contribution in [1.29, 1.82) is 0 Å². The molecule has 1 aromatic heterocycles. The molecule has 2 aliphatic heterocycles. The van der Waals surface area contributed by atoms with E-state index >= 15 is 0 Å². The first-order chi connectivity index (χ1) is 36.7. The molecular weight excluding hydrogens is 1060 g/mol. The smallest absolute Gasteiger partial charge is 0.261 e. The average molecular weight is 1130 g/mol. The van der Waals surface area contributed by atoms with E-state index in [0.29, 0.717) is 40.7 Å². The highest BCUT2D eigenvalue weighted by atomic mass is 79.9. The zero-order valence-corrected chi connectivity index (χ0v) is 47.7. The van der Waals surface area contributed by atoms with E-state index in [9.17, 15) is 19.2 Å². The number of hydrogen-bond donors (Lipinski definition) is 0. The van der Waals surface area contributed by atoms with Gasteiger partial charge >= 0.3 is 0 Å². The summed E-state index contributed by atoms with van der Waals surface area (Å²) < 4.78 is 4.51. The lowest BCUT2D eigenvalue weighted by Gasteiger charge is -2.32. The quantitative estimate of drug-likeness (QED) is 0.0203. The van der Waals surface area contributed by atoms with E-state index in [-0.39, 0.29) is 29.5 Å². The number of benzene rings is 7. The number of unbranched alkanes of at least 4 members (excludes halogenated alkanes) is 19. The van der Waals surface area contributed by atoms with Crippen LogP contribution in [0.4, 0.5) is 0 Å². The summed E-state index contributed by atoms with van der Waals surface area (Å²) in [5.74, 6) is -0.614. The number of aryl methyl sites for hydroxylation is 1. The van der Waals surface area contributed by atoms with E-state index in [1.165, 1.54) is 129 Å². The number of hydrogen-bond acceptors (Lipinski definition) is 4. The summed E-state index contributed by atoms with van der Waals surface area (Å²) in [6.07, 6.45) is 28.7. The van der Waals surface area contributed by atoms with Crippen molar-refractivity contribution in [1.82, 2.24) is 14.4 Å². The Morgan fingerprint density at radius 2 is 0.693 bits per heavy atom. The van der Waals surface area contributed by atoms with Crippen molar-refractivity contribution < 1.29 is 19.2 Å². The molecule has 0 fully saturated rings. The summed E-state index contributed by atoms with van der Waals surface area (Å²) in [6.45, 7) is 6.24. The molecule has 0 bridgehead atoms. The Kier molecular flexibility index (Phi) is 17.4. The maximum atomic E-state index is 14.7. The van der Waals surface area contributed by atoms with Crippen LogP contribution >= 0.6 is 31.9 Å². The van der Waals surface area contributed by atoms with E-state index in [1.54, 1.807) is 4.90 Å². The molecule has 0 saturated carbocycles.